The van der Waals surface area contributed by atoms with Gasteiger partial charge in [-0.15, -0.1) is 0 Å². The number of nitrogens with one attached hydrogen (secondary N) is 1. The minimum Gasteiger partial charge on any atom is -0.298 e. The van der Waals surface area contributed by atoms with Crippen molar-refractivity contribution in [3.63, 3.8) is 0 Å². The van der Waals surface area contributed by atoms with Gasteiger partial charge in [0.15, 0.2) is 5.13 Å². The summed E-state index contributed by atoms with van der Waals surface area (Å²) in [5.41, 5.74) is 3.69. The number of amides is 1. The summed E-state index contributed by atoms with van der Waals surface area (Å²) in [5, 5.41) is 3.48. The molecule has 0 unspecified atom stereocenters. The predicted octanol–water partition coefficient (Wildman–Crippen LogP) is 5.98. The first-order valence-corrected chi connectivity index (χ1v) is 9.33. The lowest BCUT2D eigenvalue weighted by Gasteiger charge is -2.04. The molecule has 0 spiro atoms. The Balaban J connectivity index is 1.55. The van der Waals surface area contributed by atoms with Crippen molar-refractivity contribution in [1.82, 2.24) is 4.98 Å². The molecule has 4 aromatic rings. The summed E-state index contributed by atoms with van der Waals surface area (Å²) in [7, 11) is 0. The molecule has 1 aromatic heterocycles. The van der Waals surface area contributed by atoms with Crippen LogP contribution in [-0.2, 0) is 0 Å². The Labute approximate surface area is 157 Å². The molecule has 0 radical (unpaired) electrons. The van der Waals surface area contributed by atoms with E-state index >= 15 is 0 Å². The number of carbonyl (C=O) groups excluding carboxylic acids is 1. The number of rotatable bonds is 3. The molecule has 0 saturated heterocycles. The molecule has 25 heavy (non-hydrogen) atoms. The molecule has 0 aliphatic carbocycles. The van der Waals surface area contributed by atoms with Crippen LogP contribution >= 0.6 is 27.3 Å². The van der Waals surface area contributed by atoms with E-state index in [0.29, 0.717) is 10.7 Å². The first kappa shape index (κ1) is 16.0. The Bertz CT molecular complexity index is 1040. The van der Waals surface area contributed by atoms with Gasteiger partial charge in [0.1, 0.15) is 0 Å². The van der Waals surface area contributed by atoms with Gasteiger partial charge in [0.2, 0.25) is 0 Å². The Morgan fingerprint density at radius 1 is 0.880 bits per heavy atom. The van der Waals surface area contributed by atoms with Crippen molar-refractivity contribution >= 4 is 48.5 Å². The van der Waals surface area contributed by atoms with E-state index in [1.54, 1.807) is 0 Å². The SMILES string of the molecule is O=C(Nc1nc2c(Br)cccc2s1)c1ccc(-c2ccccc2)cc1. The van der Waals surface area contributed by atoms with Crippen LogP contribution in [0.2, 0.25) is 0 Å². The van der Waals surface area contributed by atoms with E-state index in [4.69, 9.17) is 0 Å². The first-order valence-electron chi connectivity index (χ1n) is 7.72. The molecular weight excluding hydrogens is 396 g/mol. The molecule has 3 aromatic carbocycles. The highest BCUT2D eigenvalue weighted by Gasteiger charge is 2.11. The van der Waals surface area contributed by atoms with Crippen LogP contribution in [0.25, 0.3) is 21.3 Å². The molecular formula is C20H13BrN2OS. The van der Waals surface area contributed by atoms with Gasteiger partial charge in [0, 0.05) is 10.0 Å². The number of carbonyl (C=O) groups is 1. The average molecular weight is 409 g/mol. The molecule has 1 N–H and O–H groups in total. The zero-order valence-corrected chi connectivity index (χ0v) is 15.5. The lowest BCUT2D eigenvalue weighted by Crippen LogP contribution is -2.11. The molecule has 122 valence electrons. The second kappa shape index (κ2) is 6.78. The van der Waals surface area contributed by atoms with Crippen molar-refractivity contribution in [2.75, 3.05) is 5.32 Å². The highest BCUT2D eigenvalue weighted by atomic mass is 79.9. The summed E-state index contributed by atoms with van der Waals surface area (Å²) in [5.74, 6) is -0.158. The number of hydrogen-bond acceptors (Lipinski definition) is 3. The van der Waals surface area contributed by atoms with Crippen LogP contribution < -0.4 is 5.32 Å². The number of aromatic nitrogens is 1. The maximum atomic E-state index is 12.5. The third-order valence-electron chi connectivity index (χ3n) is 3.84. The lowest BCUT2D eigenvalue weighted by atomic mass is 10.0. The van der Waals surface area contributed by atoms with Crippen LogP contribution in [0.4, 0.5) is 5.13 Å². The van der Waals surface area contributed by atoms with Gasteiger partial charge in [-0.1, -0.05) is 59.9 Å². The van der Waals surface area contributed by atoms with Crippen molar-refractivity contribution in [3.8, 4) is 11.1 Å². The second-order valence-corrected chi connectivity index (χ2v) is 7.39. The Morgan fingerprint density at radius 3 is 2.32 bits per heavy atom. The van der Waals surface area contributed by atoms with Gasteiger partial charge in [0.25, 0.3) is 5.91 Å². The van der Waals surface area contributed by atoms with Crippen molar-refractivity contribution in [1.29, 1.82) is 0 Å². The van der Waals surface area contributed by atoms with E-state index in [2.05, 4.69) is 26.2 Å². The van der Waals surface area contributed by atoms with Crippen molar-refractivity contribution < 1.29 is 4.79 Å². The maximum Gasteiger partial charge on any atom is 0.257 e. The molecule has 3 nitrogen and oxygen atoms in total. The number of halogens is 1. The van der Waals surface area contributed by atoms with E-state index < -0.39 is 0 Å². The van der Waals surface area contributed by atoms with Gasteiger partial charge in [-0.25, -0.2) is 4.98 Å². The average Bonchev–Trinajstić information content (AvgIpc) is 3.06. The second-order valence-electron chi connectivity index (χ2n) is 5.50. The fourth-order valence-electron chi connectivity index (χ4n) is 2.58. The van der Waals surface area contributed by atoms with Gasteiger partial charge in [-0.2, -0.15) is 0 Å². The summed E-state index contributed by atoms with van der Waals surface area (Å²) in [6.07, 6.45) is 0. The number of para-hydroxylation sites is 1. The molecule has 1 heterocycles. The van der Waals surface area contributed by atoms with Gasteiger partial charge in [-0.3, -0.25) is 10.1 Å². The van der Waals surface area contributed by atoms with Crippen LogP contribution in [0.15, 0.2) is 77.3 Å². The molecule has 1 amide bonds. The number of anilines is 1. The monoisotopic (exact) mass is 408 g/mol. The van der Waals surface area contributed by atoms with Gasteiger partial charge in [-0.05, 0) is 51.3 Å². The number of hydrogen-bond donors (Lipinski definition) is 1. The van der Waals surface area contributed by atoms with E-state index in [1.807, 2.05) is 72.8 Å². The minimum atomic E-state index is -0.158. The van der Waals surface area contributed by atoms with Crippen LogP contribution in [0.3, 0.4) is 0 Å². The summed E-state index contributed by atoms with van der Waals surface area (Å²) in [4.78, 5) is 17.0. The van der Waals surface area contributed by atoms with Crippen LogP contribution in [0.1, 0.15) is 10.4 Å². The summed E-state index contributed by atoms with van der Waals surface area (Å²) < 4.78 is 1.96. The molecule has 0 aliphatic heterocycles. The molecule has 0 bridgehead atoms. The zero-order valence-electron chi connectivity index (χ0n) is 13.1. The van der Waals surface area contributed by atoms with Crippen LogP contribution in [0, 0.1) is 0 Å². The molecule has 4 rings (SSSR count). The highest BCUT2D eigenvalue weighted by molar-refractivity contribution is 9.10. The molecule has 0 aliphatic rings. The standard InChI is InChI=1S/C20H13BrN2OS/c21-16-7-4-8-17-18(16)22-20(25-17)23-19(24)15-11-9-14(10-12-15)13-5-2-1-3-6-13/h1-12H,(H,22,23,24). The number of nitrogens with zero attached hydrogens (tertiary/aromatic N) is 1. The minimum absolute atomic E-state index is 0.158. The molecule has 0 fully saturated rings. The van der Waals surface area contributed by atoms with Crippen molar-refractivity contribution in [2.24, 2.45) is 0 Å². The normalized spacial score (nSPS) is 10.8. The third kappa shape index (κ3) is 3.34. The number of benzene rings is 3. The summed E-state index contributed by atoms with van der Waals surface area (Å²) in [6, 6.07) is 23.6. The number of fused-ring (bicyclic) bond motifs is 1. The van der Waals surface area contributed by atoms with E-state index in [0.717, 1.165) is 25.8 Å². The predicted molar refractivity (Wildman–Crippen MR) is 107 cm³/mol. The fourth-order valence-corrected chi connectivity index (χ4v) is 4.06. The quantitative estimate of drug-likeness (QED) is 0.453. The first-order chi connectivity index (χ1) is 12.2. The molecule has 0 atom stereocenters. The van der Waals surface area contributed by atoms with Gasteiger partial charge < -0.3 is 0 Å². The Morgan fingerprint density at radius 2 is 1.60 bits per heavy atom. The Kier molecular flexibility index (Phi) is 4.34. The largest absolute Gasteiger partial charge is 0.298 e. The topological polar surface area (TPSA) is 42.0 Å². The Hall–Kier alpha value is -2.50. The number of thiazole rings is 1. The van der Waals surface area contributed by atoms with E-state index in [9.17, 15) is 4.79 Å². The van der Waals surface area contributed by atoms with E-state index in [1.165, 1.54) is 11.3 Å². The third-order valence-corrected chi connectivity index (χ3v) is 5.42. The molecule has 5 heteroatoms. The maximum absolute atomic E-state index is 12.5. The van der Waals surface area contributed by atoms with Crippen LogP contribution in [-0.4, -0.2) is 10.9 Å². The fraction of sp³-hybridized carbons (Fsp3) is 0. The van der Waals surface area contributed by atoms with Gasteiger partial charge >= 0.3 is 0 Å². The van der Waals surface area contributed by atoms with Crippen molar-refractivity contribution in [2.45, 2.75) is 0 Å². The highest BCUT2D eigenvalue weighted by Crippen LogP contribution is 2.31. The van der Waals surface area contributed by atoms with Crippen molar-refractivity contribution in [3.05, 3.63) is 82.8 Å². The smallest absolute Gasteiger partial charge is 0.257 e. The lowest BCUT2D eigenvalue weighted by molar-refractivity contribution is 0.102. The van der Waals surface area contributed by atoms with E-state index in [-0.39, 0.29) is 5.91 Å². The summed E-state index contributed by atoms with van der Waals surface area (Å²) >= 11 is 4.94. The van der Waals surface area contributed by atoms with Crippen LogP contribution in [0.5, 0.6) is 0 Å². The summed E-state index contributed by atoms with van der Waals surface area (Å²) in [6.45, 7) is 0. The van der Waals surface area contributed by atoms with Gasteiger partial charge in [0.05, 0.1) is 10.2 Å². The molecule has 0 saturated carbocycles. The zero-order chi connectivity index (χ0) is 17.2.